The van der Waals surface area contributed by atoms with Crippen LogP contribution in [-0.4, -0.2) is 42.8 Å². The van der Waals surface area contributed by atoms with Gasteiger partial charge in [-0.25, -0.2) is 4.79 Å². The molecule has 0 fully saturated rings. The largest absolute Gasteiger partial charge is 0.479 e. The predicted molar refractivity (Wildman–Crippen MR) is 107 cm³/mol. The van der Waals surface area contributed by atoms with E-state index >= 15 is 0 Å². The van der Waals surface area contributed by atoms with Crippen molar-refractivity contribution < 1.29 is 19.1 Å². The van der Waals surface area contributed by atoms with Crippen LogP contribution in [0.3, 0.4) is 0 Å². The van der Waals surface area contributed by atoms with Crippen molar-refractivity contribution in [1.29, 1.82) is 5.26 Å². The van der Waals surface area contributed by atoms with Gasteiger partial charge >= 0.3 is 5.97 Å². The van der Waals surface area contributed by atoms with Crippen LogP contribution < -0.4 is 4.74 Å². The highest BCUT2D eigenvalue weighted by Gasteiger charge is 2.19. The van der Waals surface area contributed by atoms with Gasteiger partial charge in [-0.3, -0.25) is 4.79 Å². The average Bonchev–Trinajstić information content (AvgIpc) is 2.72. The van der Waals surface area contributed by atoms with E-state index in [1.807, 2.05) is 36.6 Å². The minimum absolute atomic E-state index is 0.298. The van der Waals surface area contributed by atoms with Gasteiger partial charge in [0, 0.05) is 18.5 Å². The first-order valence-electron chi connectivity index (χ1n) is 8.63. The molecule has 146 valence electrons. The van der Waals surface area contributed by atoms with E-state index in [0.29, 0.717) is 17.9 Å². The third kappa shape index (κ3) is 6.32. The number of ether oxygens (including phenoxy) is 2. The number of nitrogens with zero attached hydrogens (tertiary/aromatic N) is 2. The molecule has 6 nitrogen and oxygen atoms in total. The van der Waals surface area contributed by atoms with E-state index < -0.39 is 12.1 Å². The van der Waals surface area contributed by atoms with E-state index in [1.54, 1.807) is 50.0 Å². The first kappa shape index (κ1) is 21.3. The Morgan fingerprint density at radius 2 is 1.79 bits per heavy atom. The second-order valence-corrected chi connectivity index (χ2v) is 6.98. The Morgan fingerprint density at radius 1 is 1.14 bits per heavy atom. The maximum atomic E-state index is 12.2. The third-order valence-corrected chi connectivity index (χ3v) is 4.71. The summed E-state index contributed by atoms with van der Waals surface area (Å²) in [5, 5.41) is 8.78. The van der Waals surface area contributed by atoms with E-state index in [1.165, 1.54) is 4.90 Å². The number of hydrogen-bond acceptors (Lipinski definition) is 6. The number of amides is 1. The number of thioether (sulfide) groups is 1. The summed E-state index contributed by atoms with van der Waals surface area (Å²) in [4.78, 5) is 26.9. The van der Waals surface area contributed by atoms with Crippen molar-refractivity contribution in [3.8, 4) is 11.8 Å². The molecule has 0 aliphatic carbocycles. The van der Waals surface area contributed by atoms with Gasteiger partial charge in [0.2, 0.25) is 0 Å². The minimum Gasteiger partial charge on any atom is -0.479 e. The fraction of sp³-hybridized carbons (Fsp3) is 0.286. The second kappa shape index (κ2) is 10.4. The number of esters is 1. The molecule has 1 atom stereocenters. The number of hydrogen-bond donors (Lipinski definition) is 0. The van der Waals surface area contributed by atoms with Crippen molar-refractivity contribution in [2.75, 3.05) is 19.9 Å². The van der Waals surface area contributed by atoms with Crippen LogP contribution in [0.1, 0.15) is 18.1 Å². The monoisotopic (exact) mass is 398 g/mol. The number of nitriles is 1. The Hall–Kier alpha value is -2.98. The maximum absolute atomic E-state index is 12.2. The smallest absolute Gasteiger partial charge is 0.347 e. The zero-order valence-corrected chi connectivity index (χ0v) is 16.9. The van der Waals surface area contributed by atoms with Crippen LogP contribution in [0.15, 0.2) is 53.4 Å². The highest BCUT2D eigenvalue weighted by molar-refractivity contribution is 7.98. The van der Waals surface area contributed by atoms with Crippen molar-refractivity contribution in [1.82, 2.24) is 4.90 Å². The van der Waals surface area contributed by atoms with Gasteiger partial charge in [-0.15, -0.1) is 11.8 Å². The topological polar surface area (TPSA) is 79.6 Å². The van der Waals surface area contributed by atoms with Crippen molar-refractivity contribution in [3.05, 3.63) is 59.7 Å². The van der Waals surface area contributed by atoms with Gasteiger partial charge in [-0.05, 0) is 55.1 Å². The van der Waals surface area contributed by atoms with Gasteiger partial charge in [0.1, 0.15) is 5.75 Å². The molecule has 0 saturated heterocycles. The summed E-state index contributed by atoms with van der Waals surface area (Å²) in [7, 11) is 1.66. The summed E-state index contributed by atoms with van der Waals surface area (Å²) in [6.45, 7) is 1.63. The number of rotatable bonds is 8. The molecule has 2 aromatic rings. The third-order valence-electron chi connectivity index (χ3n) is 3.97. The van der Waals surface area contributed by atoms with Crippen molar-refractivity contribution in [2.45, 2.75) is 24.5 Å². The van der Waals surface area contributed by atoms with Crippen molar-refractivity contribution in [2.24, 2.45) is 0 Å². The number of likely N-dealkylation sites (N-methyl/N-ethyl adjacent to an activating group) is 1. The van der Waals surface area contributed by atoms with Crippen molar-refractivity contribution >= 4 is 23.6 Å². The first-order chi connectivity index (χ1) is 13.4. The zero-order valence-electron chi connectivity index (χ0n) is 16.0. The number of benzene rings is 2. The lowest BCUT2D eigenvalue weighted by molar-refractivity contribution is -0.157. The number of carbonyl (C=O) groups excluding carboxylic acids is 2. The van der Waals surface area contributed by atoms with Crippen LogP contribution in [0.25, 0.3) is 0 Å². The summed E-state index contributed by atoms with van der Waals surface area (Å²) in [5.74, 6) is -0.483. The molecule has 0 N–H and O–H groups in total. The molecule has 0 heterocycles. The summed E-state index contributed by atoms with van der Waals surface area (Å²) in [6.07, 6.45) is 1.13. The van der Waals surface area contributed by atoms with Crippen LogP contribution in [-0.2, 0) is 20.9 Å². The molecule has 2 aromatic carbocycles. The molecule has 0 aliphatic rings. The summed E-state index contributed by atoms with van der Waals surface area (Å²) < 4.78 is 10.5. The quantitative estimate of drug-likeness (QED) is 0.502. The molecule has 0 spiro atoms. The highest BCUT2D eigenvalue weighted by Crippen LogP contribution is 2.16. The Labute approximate surface area is 169 Å². The second-order valence-electron chi connectivity index (χ2n) is 6.10. The Morgan fingerprint density at radius 3 is 2.36 bits per heavy atom. The standard InChI is InChI=1S/C21H22N2O4S/c1-15(27-18-8-4-16(12-22)5-9-18)21(25)26-14-20(24)23(2)13-17-6-10-19(28-3)11-7-17/h4-11,15H,13-14H2,1-3H3/t15-/m0/s1. The SMILES string of the molecule is CSc1ccc(CN(C)C(=O)COC(=O)[C@H](C)Oc2ccc(C#N)cc2)cc1. The Kier molecular flexibility index (Phi) is 7.90. The molecule has 0 saturated carbocycles. The maximum Gasteiger partial charge on any atom is 0.347 e. The van der Waals surface area contributed by atoms with Gasteiger partial charge in [0.15, 0.2) is 12.7 Å². The summed E-state index contributed by atoms with van der Waals surface area (Å²) in [6, 6.07) is 16.3. The van der Waals surface area contributed by atoms with E-state index in [9.17, 15) is 9.59 Å². The fourth-order valence-electron chi connectivity index (χ4n) is 2.31. The average molecular weight is 398 g/mol. The molecule has 0 unspecified atom stereocenters. The van der Waals surface area contributed by atoms with Gasteiger partial charge in [0.05, 0.1) is 11.6 Å². The van der Waals surface area contributed by atoms with Gasteiger partial charge in [0.25, 0.3) is 5.91 Å². The molecule has 1 amide bonds. The molecular weight excluding hydrogens is 376 g/mol. The lowest BCUT2D eigenvalue weighted by Gasteiger charge is -2.18. The molecule has 28 heavy (non-hydrogen) atoms. The summed E-state index contributed by atoms with van der Waals surface area (Å²) in [5.41, 5.74) is 1.50. The molecule has 0 aliphatic heterocycles. The highest BCUT2D eigenvalue weighted by atomic mass is 32.2. The molecule has 0 bridgehead atoms. The van der Waals surface area contributed by atoms with Crippen LogP contribution in [0.2, 0.25) is 0 Å². The normalized spacial score (nSPS) is 11.2. The Balaban J connectivity index is 1.79. The zero-order chi connectivity index (χ0) is 20.5. The van der Waals surface area contributed by atoms with Gasteiger partial charge in [-0.2, -0.15) is 5.26 Å². The molecular formula is C21H22N2O4S. The van der Waals surface area contributed by atoms with E-state index in [0.717, 1.165) is 10.5 Å². The van der Waals surface area contributed by atoms with Crippen LogP contribution in [0.4, 0.5) is 0 Å². The molecule has 2 rings (SSSR count). The van der Waals surface area contributed by atoms with Gasteiger partial charge in [-0.1, -0.05) is 12.1 Å². The molecule has 7 heteroatoms. The van der Waals surface area contributed by atoms with Gasteiger partial charge < -0.3 is 14.4 Å². The summed E-state index contributed by atoms with van der Waals surface area (Å²) >= 11 is 1.65. The lowest BCUT2D eigenvalue weighted by Crippen LogP contribution is -2.34. The van der Waals surface area contributed by atoms with E-state index in [-0.39, 0.29) is 12.5 Å². The Bertz CT molecular complexity index is 844. The predicted octanol–water partition coefficient (Wildman–Crippen LogP) is 3.25. The van der Waals surface area contributed by atoms with Crippen LogP contribution in [0, 0.1) is 11.3 Å². The lowest BCUT2D eigenvalue weighted by atomic mass is 10.2. The molecule has 0 radical (unpaired) electrons. The van der Waals surface area contributed by atoms with E-state index in [2.05, 4.69) is 0 Å². The number of carbonyl (C=O) groups is 2. The fourth-order valence-corrected chi connectivity index (χ4v) is 2.72. The first-order valence-corrected chi connectivity index (χ1v) is 9.85. The minimum atomic E-state index is -0.870. The molecule has 0 aromatic heterocycles. The van der Waals surface area contributed by atoms with E-state index in [4.69, 9.17) is 14.7 Å². The van der Waals surface area contributed by atoms with Crippen molar-refractivity contribution in [3.63, 3.8) is 0 Å². The van der Waals surface area contributed by atoms with Crippen LogP contribution in [0.5, 0.6) is 5.75 Å². The van der Waals surface area contributed by atoms with Crippen LogP contribution >= 0.6 is 11.8 Å².